The van der Waals surface area contributed by atoms with E-state index in [1.54, 1.807) is 11.3 Å². The number of H-pyrrole nitrogens is 1. The minimum atomic E-state index is -0.0548. The highest BCUT2D eigenvalue weighted by atomic mass is 32.1. The molecule has 0 saturated heterocycles. The molecular weight excluding hydrogens is 244 g/mol. The summed E-state index contributed by atoms with van der Waals surface area (Å²) in [5, 5.41) is 9.47. The monoisotopic (exact) mass is 262 g/mol. The normalized spacial score (nSPS) is 28.4. The summed E-state index contributed by atoms with van der Waals surface area (Å²) in [6.07, 6.45) is 4.61. The van der Waals surface area contributed by atoms with Crippen LogP contribution in [0, 0.1) is 0 Å². The number of aromatic amines is 1. The third kappa shape index (κ3) is 1.87. The van der Waals surface area contributed by atoms with Gasteiger partial charge in [0.25, 0.3) is 0 Å². The van der Waals surface area contributed by atoms with Gasteiger partial charge in [-0.1, -0.05) is 25.8 Å². The Balaban J connectivity index is 1.93. The number of hydrogen-bond acceptors (Lipinski definition) is 4. The Morgan fingerprint density at radius 1 is 1.50 bits per heavy atom. The molecule has 2 aromatic heterocycles. The van der Waals surface area contributed by atoms with Crippen molar-refractivity contribution in [3.8, 4) is 10.7 Å². The van der Waals surface area contributed by atoms with Crippen molar-refractivity contribution in [2.45, 2.75) is 44.1 Å². The molecular formula is C13H18N4S. The number of thiophene rings is 1. The molecule has 0 bridgehead atoms. The molecule has 0 spiro atoms. The zero-order valence-electron chi connectivity index (χ0n) is 10.5. The number of nitrogens with two attached hydrogens (primary N) is 1. The highest BCUT2D eigenvalue weighted by Gasteiger charge is 2.38. The summed E-state index contributed by atoms with van der Waals surface area (Å²) in [5.41, 5.74) is 6.23. The maximum Gasteiger partial charge on any atom is 0.191 e. The van der Waals surface area contributed by atoms with Gasteiger partial charge in [0.2, 0.25) is 0 Å². The van der Waals surface area contributed by atoms with Crippen molar-refractivity contribution >= 4 is 11.3 Å². The summed E-state index contributed by atoms with van der Waals surface area (Å²) in [7, 11) is 0. The van der Waals surface area contributed by atoms with Gasteiger partial charge in [-0.2, -0.15) is 5.10 Å². The fourth-order valence-corrected chi connectivity index (χ4v) is 3.35. The maximum absolute atomic E-state index is 6.29. The Labute approximate surface area is 111 Å². The highest BCUT2D eigenvalue weighted by Crippen LogP contribution is 2.37. The SMILES string of the molecule is CC1(c2nc(-c3cccs3)n[nH]2)CCCCC1N. The first kappa shape index (κ1) is 11.9. The number of nitrogens with zero attached hydrogens (tertiary/aromatic N) is 2. The Morgan fingerprint density at radius 2 is 2.39 bits per heavy atom. The van der Waals surface area contributed by atoms with Gasteiger partial charge in [0.1, 0.15) is 5.82 Å². The molecule has 1 fully saturated rings. The summed E-state index contributed by atoms with van der Waals surface area (Å²) in [6, 6.07) is 4.24. The van der Waals surface area contributed by atoms with E-state index in [1.807, 2.05) is 17.5 Å². The fraction of sp³-hybridized carbons (Fsp3) is 0.538. The van der Waals surface area contributed by atoms with Crippen LogP contribution in [0.3, 0.4) is 0 Å². The maximum atomic E-state index is 6.29. The number of hydrogen-bond donors (Lipinski definition) is 2. The minimum absolute atomic E-state index is 0.0548. The van der Waals surface area contributed by atoms with Crippen LogP contribution in [-0.4, -0.2) is 21.2 Å². The van der Waals surface area contributed by atoms with E-state index in [0.717, 1.165) is 29.4 Å². The molecule has 0 aromatic carbocycles. The molecule has 0 aliphatic heterocycles. The van der Waals surface area contributed by atoms with Gasteiger partial charge in [-0.05, 0) is 24.3 Å². The second-order valence-electron chi connectivity index (χ2n) is 5.25. The van der Waals surface area contributed by atoms with Crippen LogP contribution in [0.15, 0.2) is 17.5 Å². The van der Waals surface area contributed by atoms with E-state index in [1.165, 1.54) is 12.8 Å². The van der Waals surface area contributed by atoms with Crippen LogP contribution < -0.4 is 5.73 Å². The average molecular weight is 262 g/mol. The predicted octanol–water partition coefficient (Wildman–Crippen LogP) is 2.69. The van der Waals surface area contributed by atoms with E-state index in [9.17, 15) is 0 Å². The summed E-state index contributed by atoms with van der Waals surface area (Å²) >= 11 is 1.66. The molecule has 4 nitrogen and oxygen atoms in total. The van der Waals surface area contributed by atoms with Crippen molar-refractivity contribution in [1.82, 2.24) is 15.2 Å². The minimum Gasteiger partial charge on any atom is -0.327 e. The van der Waals surface area contributed by atoms with E-state index in [2.05, 4.69) is 22.1 Å². The van der Waals surface area contributed by atoms with Gasteiger partial charge in [-0.15, -0.1) is 11.3 Å². The van der Waals surface area contributed by atoms with Gasteiger partial charge >= 0.3 is 0 Å². The summed E-state index contributed by atoms with van der Waals surface area (Å²) in [6.45, 7) is 2.20. The molecule has 2 atom stereocenters. The molecule has 0 radical (unpaired) electrons. The molecule has 2 unspecified atom stereocenters. The Kier molecular flexibility index (Phi) is 2.95. The lowest BCUT2D eigenvalue weighted by Crippen LogP contribution is -2.46. The lowest BCUT2D eigenvalue weighted by atomic mass is 9.71. The third-order valence-corrected chi connectivity index (χ3v) is 4.91. The van der Waals surface area contributed by atoms with Gasteiger partial charge in [0, 0.05) is 11.5 Å². The van der Waals surface area contributed by atoms with Crippen LogP contribution in [-0.2, 0) is 5.41 Å². The Bertz CT molecular complexity index is 519. The largest absolute Gasteiger partial charge is 0.327 e. The number of nitrogens with one attached hydrogen (secondary N) is 1. The third-order valence-electron chi connectivity index (χ3n) is 4.05. The molecule has 3 rings (SSSR count). The van der Waals surface area contributed by atoms with Crippen molar-refractivity contribution in [1.29, 1.82) is 0 Å². The summed E-state index contributed by atoms with van der Waals surface area (Å²) in [4.78, 5) is 5.76. The average Bonchev–Trinajstić information content (AvgIpc) is 3.01. The van der Waals surface area contributed by atoms with E-state index in [0.29, 0.717) is 0 Å². The van der Waals surface area contributed by atoms with Gasteiger partial charge < -0.3 is 5.73 Å². The smallest absolute Gasteiger partial charge is 0.191 e. The lowest BCUT2D eigenvalue weighted by molar-refractivity contribution is 0.259. The zero-order valence-corrected chi connectivity index (χ0v) is 11.3. The lowest BCUT2D eigenvalue weighted by Gasteiger charge is -2.37. The van der Waals surface area contributed by atoms with E-state index >= 15 is 0 Å². The Morgan fingerprint density at radius 3 is 3.11 bits per heavy atom. The molecule has 0 amide bonds. The van der Waals surface area contributed by atoms with Crippen molar-refractivity contribution in [3.63, 3.8) is 0 Å². The van der Waals surface area contributed by atoms with Crippen LogP contribution in [0.4, 0.5) is 0 Å². The first-order valence-corrected chi connectivity index (χ1v) is 7.30. The highest BCUT2D eigenvalue weighted by molar-refractivity contribution is 7.13. The first-order chi connectivity index (χ1) is 8.70. The van der Waals surface area contributed by atoms with Crippen molar-refractivity contribution in [3.05, 3.63) is 23.3 Å². The van der Waals surface area contributed by atoms with Gasteiger partial charge in [-0.3, -0.25) is 5.10 Å². The molecule has 18 heavy (non-hydrogen) atoms. The van der Waals surface area contributed by atoms with Crippen LogP contribution >= 0.6 is 11.3 Å². The fourth-order valence-electron chi connectivity index (χ4n) is 2.69. The molecule has 1 aliphatic carbocycles. The summed E-state index contributed by atoms with van der Waals surface area (Å²) in [5.74, 6) is 1.73. The number of rotatable bonds is 2. The molecule has 96 valence electrons. The van der Waals surface area contributed by atoms with Crippen LogP contribution in [0.1, 0.15) is 38.4 Å². The predicted molar refractivity (Wildman–Crippen MR) is 73.5 cm³/mol. The quantitative estimate of drug-likeness (QED) is 0.874. The first-order valence-electron chi connectivity index (χ1n) is 6.42. The van der Waals surface area contributed by atoms with E-state index in [-0.39, 0.29) is 11.5 Å². The zero-order chi connectivity index (χ0) is 12.6. The van der Waals surface area contributed by atoms with Gasteiger partial charge in [0.05, 0.1) is 4.88 Å². The molecule has 2 heterocycles. The van der Waals surface area contributed by atoms with Crippen molar-refractivity contribution in [2.75, 3.05) is 0 Å². The second kappa shape index (κ2) is 4.48. The molecule has 2 aromatic rings. The van der Waals surface area contributed by atoms with Crippen LogP contribution in [0.5, 0.6) is 0 Å². The van der Waals surface area contributed by atoms with Crippen molar-refractivity contribution < 1.29 is 0 Å². The molecule has 5 heteroatoms. The van der Waals surface area contributed by atoms with Crippen molar-refractivity contribution in [2.24, 2.45) is 5.73 Å². The summed E-state index contributed by atoms with van der Waals surface area (Å²) < 4.78 is 0. The number of aromatic nitrogens is 3. The molecule has 1 saturated carbocycles. The Hall–Kier alpha value is -1.20. The topological polar surface area (TPSA) is 67.6 Å². The van der Waals surface area contributed by atoms with E-state index < -0.39 is 0 Å². The van der Waals surface area contributed by atoms with Gasteiger partial charge in [0.15, 0.2) is 5.82 Å². The van der Waals surface area contributed by atoms with Crippen LogP contribution in [0.2, 0.25) is 0 Å². The van der Waals surface area contributed by atoms with E-state index in [4.69, 9.17) is 5.73 Å². The van der Waals surface area contributed by atoms with Crippen LogP contribution in [0.25, 0.3) is 10.7 Å². The molecule has 1 aliphatic rings. The standard InChI is InChI=1S/C13H18N4S/c1-13(7-3-2-6-10(13)14)12-15-11(16-17-12)9-5-4-8-18-9/h4-5,8,10H,2-3,6-7,14H2,1H3,(H,15,16,17). The van der Waals surface area contributed by atoms with Gasteiger partial charge in [-0.25, -0.2) is 4.98 Å². The molecule has 3 N–H and O–H groups in total. The second-order valence-corrected chi connectivity index (χ2v) is 6.20.